The van der Waals surface area contributed by atoms with E-state index in [4.69, 9.17) is 9.47 Å². The van der Waals surface area contributed by atoms with Crippen molar-refractivity contribution in [2.24, 2.45) is 0 Å². The van der Waals surface area contributed by atoms with Crippen LogP contribution in [0, 0.1) is 0 Å². The minimum absolute atomic E-state index is 0.343. The van der Waals surface area contributed by atoms with Crippen molar-refractivity contribution in [3.05, 3.63) is 76.6 Å². The number of nitrogens with zero attached hydrogens (tertiary/aromatic N) is 2. The van der Waals surface area contributed by atoms with Crippen LogP contribution in [0.4, 0.5) is 11.4 Å². The molecule has 0 fully saturated rings. The fourth-order valence-corrected chi connectivity index (χ4v) is 4.43. The summed E-state index contributed by atoms with van der Waals surface area (Å²) in [5.41, 5.74) is 2.00. The van der Waals surface area contributed by atoms with Crippen LogP contribution >= 0.6 is 11.3 Å². The molecule has 164 valence electrons. The Morgan fingerprint density at radius 3 is 2.25 bits per heavy atom. The van der Waals surface area contributed by atoms with Crippen LogP contribution in [0.2, 0.25) is 0 Å². The Balaban J connectivity index is 1.80. The lowest BCUT2D eigenvalue weighted by Gasteiger charge is -2.22. The van der Waals surface area contributed by atoms with Gasteiger partial charge in [-0.05, 0) is 49.6 Å². The summed E-state index contributed by atoms with van der Waals surface area (Å²) in [7, 11) is 1.80. The maximum atomic E-state index is 13.7. The van der Waals surface area contributed by atoms with Crippen molar-refractivity contribution in [3.8, 4) is 11.5 Å². The first kappa shape index (κ1) is 21.6. The molecule has 0 aliphatic carbocycles. The van der Waals surface area contributed by atoms with Gasteiger partial charge in [0, 0.05) is 23.7 Å². The molecule has 1 aliphatic rings. The van der Waals surface area contributed by atoms with Crippen LogP contribution in [0.25, 0.3) is 5.57 Å². The van der Waals surface area contributed by atoms with Gasteiger partial charge in [0.05, 0.1) is 24.5 Å². The third-order valence-electron chi connectivity index (χ3n) is 5.09. The molecule has 3 aromatic rings. The highest BCUT2D eigenvalue weighted by molar-refractivity contribution is 7.11. The molecule has 2 heterocycles. The van der Waals surface area contributed by atoms with Crippen LogP contribution in [0.3, 0.4) is 0 Å². The van der Waals surface area contributed by atoms with Crippen molar-refractivity contribution >= 4 is 40.1 Å². The minimum atomic E-state index is -0.378. The lowest BCUT2D eigenvalue weighted by molar-refractivity contribution is -0.120. The monoisotopic (exact) mass is 448 g/mol. The number of rotatable bonds is 8. The number of hydrogen-bond donors (Lipinski definition) is 0. The average molecular weight is 449 g/mol. The molecular weight excluding hydrogens is 424 g/mol. The molecule has 1 aromatic heterocycles. The van der Waals surface area contributed by atoms with E-state index in [1.54, 1.807) is 30.1 Å². The summed E-state index contributed by atoms with van der Waals surface area (Å²) in [4.78, 5) is 31.0. The second-order valence-electron chi connectivity index (χ2n) is 7.04. The highest BCUT2D eigenvalue weighted by Gasteiger charge is 2.42. The number of likely N-dealkylation sites (N-methyl/N-ethyl adjacent to an activating group) is 1. The summed E-state index contributed by atoms with van der Waals surface area (Å²) in [6.07, 6.45) is 0. The number of imide groups is 1. The Kier molecular flexibility index (Phi) is 6.28. The van der Waals surface area contributed by atoms with Gasteiger partial charge in [-0.2, -0.15) is 0 Å². The van der Waals surface area contributed by atoms with E-state index in [-0.39, 0.29) is 11.8 Å². The van der Waals surface area contributed by atoms with Crippen molar-refractivity contribution in [1.29, 1.82) is 0 Å². The standard InChI is InChI=1S/C25H24N2O4S/c1-4-30-19-14-13-18(16-20(19)31-5-2)27-24(28)22(21-12-9-15-32-21)23(25(27)29)26(3)17-10-7-6-8-11-17/h6-16H,4-5H2,1-3H3. The molecule has 0 bridgehead atoms. The Labute approximate surface area is 191 Å². The molecule has 32 heavy (non-hydrogen) atoms. The molecule has 1 aliphatic heterocycles. The maximum absolute atomic E-state index is 13.7. The first-order valence-corrected chi connectivity index (χ1v) is 11.3. The molecule has 0 atom stereocenters. The van der Waals surface area contributed by atoms with E-state index in [1.807, 2.05) is 61.7 Å². The highest BCUT2D eigenvalue weighted by Crippen LogP contribution is 2.40. The molecular formula is C25H24N2O4S. The van der Waals surface area contributed by atoms with Crippen molar-refractivity contribution in [1.82, 2.24) is 0 Å². The van der Waals surface area contributed by atoms with Crippen LogP contribution in [0.5, 0.6) is 11.5 Å². The van der Waals surface area contributed by atoms with Gasteiger partial charge in [0.15, 0.2) is 11.5 Å². The molecule has 0 unspecified atom stereocenters. The van der Waals surface area contributed by atoms with E-state index >= 15 is 0 Å². The number of ether oxygens (including phenoxy) is 2. The van der Waals surface area contributed by atoms with Crippen LogP contribution in [-0.4, -0.2) is 32.1 Å². The van der Waals surface area contributed by atoms with Crippen LogP contribution in [0.15, 0.2) is 71.7 Å². The van der Waals surface area contributed by atoms with E-state index in [1.165, 1.54) is 16.2 Å². The number of benzene rings is 2. The molecule has 0 spiro atoms. The SMILES string of the molecule is CCOc1ccc(N2C(=O)C(c3cccs3)=C(N(C)c3ccccc3)C2=O)cc1OCC. The number of carbonyl (C=O) groups is 2. The number of para-hydroxylation sites is 1. The largest absolute Gasteiger partial charge is 0.490 e. The lowest BCUT2D eigenvalue weighted by atomic mass is 10.1. The summed E-state index contributed by atoms with van der Waals surface area (Å²) in [6.45, 7) is 4.68. The predicted molar refractivity (Wildman–Crippen MR) is 127 cm³/mol. The molecule has 0 saturated carbocycles. The summed E-state index contributed by atoms with van der Waals surface area (Å²) >= 11 is 1.43. The van der Waals surface area contributed by atoms with E-state index in [0.29, 0.717) is 41.7 Å². The number of hydrogen-bond acceptors (Lipinski definition) is 6. The normalized spacial score (nSPS) is 13.7. The van der Waals surface area contributed by atoms with Gasteiger partial charge < -0.3 is 14.4 Å². The van der Waals surface area contributed by atoms with Crippen LogP contribution < -0.4 is 19.3 Å². The number of carbonyl (C=O) groups excluding carboxylic acids is 2. The first-order chi connectivity index (χ1) is 15.6. The fourth-order valence-electron chi connectivity index (χ4n) is 3.67. The topological polar surface area (TPSA) is 59.1 Å². The molecule has 2 aromatic carbocycles. The van der Waals surface area contributed by atoms with Crippen molar-refractivity contribution < 1.29 is 19.1 Å². The smallest absolute Gasteiger partial charge is 0.282 e. The quantitative estimate of drug-likeness (QED) is 0.456. The van der Waals surface area contributed by atoms with Crippen LogP contribution in [-0.2, 0) is 9.59 Å². The summed E-state index contributed by atoms with van der Waals surface area (Å²) in [5, 5.41) is 1.90. The zero-order chi connectivity index (χ0) is 22.7. The van der Waals surface area contributed by atoms with Crippen molar-refractivity contribution in [3.63, 3.8) is 0 Å². The molecule has 2 amide bonds. The Morgan fingerprint density at radius 2 is 1.59 bits per heavy atom. The number of thiophene rings is 1. The molecule has 4 rings (SSSR count). The Bertz CT molecular complexity index is 1160. The number of amides is 2. The van der Waals surface area contributed by atoms with Gasteiger partial charge in [-0.15, -0.1) is 11.3 Å². The van der Waals surface area contributed by atoms with Crippen LogP contribution in [0.1, 0.15) is 18.7 Å². The summed E-state index contributed by atoms with van der Waals surface area (Å²) in [6, 6.07) is 18.4. The Hall–Kier alpha value is -3.58. The third-order valence-corrected chi connectivity index (χ3v) is 5.98. The summed E-state index contributed by atoms with van der Waals surface area (Å²) < 4.78 is 11.3. The molecule has 0 radical (unpaired) electrons. The van der Waals surface area contributed by atoms with E-state index in [9.17, 15) is 9.59 Å². The first-order valence-electron chi connectivity index (χ1n) is 10.4. The van der Waals surface area contributed by atoms with E-state index in [0.717, 1.165) is 10.6 Å². The van der Waals surface area contributed by atoms with Gasteiger partial charge >= 0.3 is 0 Å². The van der Waals surface area contributed by atoms with Gasteiger partial charge in [-0.3, -0.25) is 9.59 Å². The second-order valence-corrected chi connectivity index (χ2v) is 7.99. The van der Waals surface area contributed by atoms with Crippen molar-refractivity contribution in [2.75, 3.05) is 30.1 Å². The predicted octanol–water partition coefficient (Wildman–Crippen LogP) is 4.97. The maximum Gasteiger partial charge on any atom is 0.282 e. The van der Waals surface area contributed by atoms with Gasteiger partial charge in [0.1, 0.15) is 5.70 Å². The fraction of sp³-hybridized carbons (Fsp3) is 0.200. The Morgan fingerprint density at radius 1 is 0.875 bits per heavy atom. The summed E-state index contributed by atoms with van der Waals surface area (Å²) in [5.74, 6) is 0.332. The van der Waals surface area contributed by atoms with Gasteiger partial charge in [0.25, 0.3) is 11.8 Å². The van der Waals surface area contributed by atoms with Crippen molar-refractivity contribution in [2.45, 2.75) is 13.8 Å². The zero-order valence-corrected chi connectivity index (χ0v) is 19.0. The third kappa shape index (κ3) is 3.87. The van der Waals surface area contributed by atoms with Gasteiger partial charge in [0.2, 0.25) is 0 Å². The molecule has 7 heteroatoms. The van der Waals surface area contributed by atoms with Gasteiger partial charge in [-0.25, -0.2) is 4.90 Å². The highest BCUT2D eigenvalue weighted by atomic mass is 32.1. The van der Waals surface area contributed by atoms with E-state index in [2.05, 4.69) is 0 Å². The second kappa shape index (κ2) is 9.28. The van der Waals surface area contributed by atoms with Gasteiger partial charge in [-0.1, -0.05) is 24.3 Å². The number of anilines is 2. The molecule has 0 N–H and O–H groups in total. The molecule has 0 saturated heterocycles. The average Bonchev–Trinajstić information content (AvgIpc) is 3.41. The zero-order valence-electron chi connectivity index (χ0n) is 18.2. The van der Waals surface area contributed by atoms with E-state index < -0.39 is 0 Å². The molecule has 6 nitrogen and oxygen atoms in total. The lowest BCUT2D eigenvalue weighted by Crippen LogP contribution is -2.34. The minimum Gasteiger partial charge on any atom is -0.490 e.